The lowest BCUT2D eigenvalue weighted by atomic mass is 9.87. The van der Waals surface area contributed by atoms with Crippen molar-refractivity contribution >= 4 is 0 Å². The highest BCUT2D eigenvalue weighted by molar-refractivity contribution is 5.26. The van der Waals surface area contributed by atoms with E-state index in [1.54, 1.807) is 12.1 Å². The third-order valence-electron chi connectivity index (χ3n) is 4.73. The summed E-state index contributed by atoms with van der Waals surface area (Å²) in [7, 11) is 0. The lowest BCUT2D eigenvalue weighted by Crippen LogP contribution is -2.52. The quantitative estimate of drug-likeness (QED) is 0.909. The third kappa shape index (κ3) is 3.34. The fraction of sp³-hybridized carbons (Fsp3) is 0.625. The Morgan fingerprint density at radius 2 is 2.11 bits per heavy atom. The van der Waals surface area contributed by atoms with Gasteiger partial charge in [0.25, 0.3) is 0 Å². The summed E-state index contributed by atoms with van der Waals surface area (Å²) in [5, 5.41) is 0. The first-order valence-corrected chi connectivity index (χ1v) is 7.23. The third-order valence-corrected chi connectivity index (χ3v) is 4.73. The molecular formula is C16H25FN2. The topological polar surface area (TPSA) is 29.3 Å². The number of rotatable bonds is 3. The van der Waals surface area contributed by atoms with E-state index >= 15 is 0 Å². The van der Waals surface area contributed by atoms with Crippen LogP contribution in [0.1, 0.15) is 31.4 Å². The van der Waals surface area contributed by atoms with Crippen molar-refractivity contribution in [2.24, 2.45) is 11.7 Å². The van der Waals surface area contributed by atoms with Crippen LogP contribution in [0.4, 0.5) is 4.39 Å². The second-order valence-electron chi connectivity index (χ2n) is 5.91. The van der Waals surface area contributed by atoms with Gasteiger partial charge in [0.05, 0.1) is 0 Å². The molecular weight excluding hydrogens is 239 g/mol. The fourth-order valence-corrected chi connectivity index (χ4v) is 2.99. The molecule has 1 aliphatic rings. The van der Waals surface area contributed by atoms with Crippen LogP contribution in [-0.2, 0) is 6.42 Å². The number of nitrogens with two attached hydrogens (primary N) is 1. The number of nitrogens with zero attached hydrogens (tertiary/aromatic N) is 1. The normalized spacial score (nSPS) is 28.6. The maximum Gasteiger partial charge on any atom is 0.123 e. The second kappa shape index (κ2) is 6.02. The predicted molar refractivity (Wildman–Crippen MR) is 77.6 cm³/mol. The SMILES string of the molecule is Cc1cc(F)ccc1CCN1CCC(N)C(C)C1C. The van der Waals surface area contributed by atoms with Gasteiger partial charge in [0, 0.05) is 18.6 Å². The minimum atomic E-state index is -0.146. The Balaban J connectivity index is 1.95. The van der Waals surface area contributed by atoms with Gasteiger partial charge in [0.1, 0.15) is 5.82 Å². The van der Waals surface area contributed by atoms with Crippen LogP contribution < -0.4 is 5.73 Å². The van der Waals surface area contributed by atoms with Crippen LogP contribution in [0, 0.1) is 18.7 Å². The van der Waals surface area contributed by atoms with E-state index in [0.29, 0.717) is 18.0 Å². The zero-order chi connectivity index (χ0) is 14.0. The Hall–Kier alpha value is -0.930. The van der Waals surface area contributed by atoms with Crippen molar-refractivity contribution in [3.05, 3.63) is 35.1 Å². The van der Waals surface area contributed by atoms with Crippen LogP contribution in [0.25, 0.3) is 0 Å². The first-order valence-electron chi connectivity index (χ1n) is 7.23. The Kier molecular flexibility index (Phi) is 4.58. The van der Waals surface area contributed by atoms with Crippen LogP contribution >= 0.6 is 0 Å². The number of likely N-dealkylation sites (tertiary alicyclic amines) is 1. The molecule has 2 nitrogen and oxygen atoms in total. The average molecular weight is 264 g/mol. The largest absolute Gasteiger partial charge is 0.327 e. The van der Waals surface area contributed by atoms with Gasteiger partial charge in [-0.3, -0.25) is 4.90 Å². The zero-order valence-corrected chi connectivity index (χ0v) is 12.2. The van der Waals surface area contributed by atoms with Gasteiger partial charge in [-0.1, -0.05) is 13.0 Å². The molecule has 3 heteroatoms. The van der Waals surface area contributed by atoms with E-state index in [-0.39, 0.29) is 5.82 Å². The molecule has 0 radical (unpaired) electrons. The Bertz CT molecular complexity index is 433. The molecule has 0 spiro atoms. The highest BCUT2D eigenvalue weighted by Gasteiger charge is 2.29. The molecule has 3 atom stereocenters. The van der Waals surface area contributed by atoms with Crippen molar-refractivity contribution < 1.29 is 4.39 Å². The number of hydrogen-bond donors (Lipinski definition) is 1. The van der Waals surface area contributed by atoms with Gasteiger partial charge in [-0.25, -0.2) is 4.39 Å². The van der Waals surface area contributed by atoms with Crippen molar-refractivity contribution in [1.82, 2.24) is 4.90 Å². The molecule has 1 aromatic rings. The summed E-state index contributed by atoms with van der Waals surface area (Å²) in [6.45, 7) is 8.60. The summed E-state index contributed by atoms with van der Waals surface area (Å²) in [5.41, 5.74) is 8.41. The minimum Gasteiger partial charge on any atom is -0.327 e. The van der Waals surface area contributed by atoms with E-state index in [1.807, 2.05) is 13.0 Å². The van der Waals surface area contributed by atoms with Crippen LogP contribution in [0.2, 0.25) is 0 Å². The summed E-state index contributed by atoms with van der Waals surface area (Å²) in [5.74, 6) is 0.398. The molecule has 1 aromatic carbocycles. The highest BCUT2D eigenvalue weighted by Crippen LogP contribution is 2.22. The van der Waals surface area contributed by atoms with Crippen LogP contribution in [0.15, 0.2) is 18.2 Å². The molecule has 1 heterocycles. The number of halogens is 1. The first kappa shape index (κ1) is 14.5. The number of aryl methyl sites for hydroxylation is 1. The summed E-state index contributed by atoms with van der Waals surface area (Å²) in [6.07, 6.45) is 2.06. The molecule has 0 amide bonds. The molecule has 1 fully saturated rings. The number of hydrogen-bond acceptors (Lipinski definition) is 2. The van der Waals surface area contributed by atoms with E-state index in [9.17, 15) is 4.39 Å². The zero-order valence-electron chi connectivity index (χ0n) is 12.2. The maximum atomic E-state index is 13.1. The molecule has 1 aliphatic heterocycles. The Labute approximate surface area is 115 Å². The van der Waals surface area contributed by atoms with Crippen molar-refractivity contribution in [3.63, 3.8) is 0 Å². The molecule has 3 unspecified atom stereocenters. The van der Waals surface area contributed by atoms with Crippen LogP contribution in [0.3, 0.4) is 0 Å². The van der Waals surface area contributed by atoms with Gasteiger partial charge in [0.2, 0.25) is 0 Å². The van der Waals surface area contributed by atoms with Crippen LogP contribution in [-0.4, -0.2) is 30.1 Å². The van der Waals surface area contributed by atoms with Crippen molar-refractivity contribution in [2.75, 3.05) is 13.1 Å². The van der Waals surface area contributed by atoms with Crippen molar-refractivity contribution in [2.45, 2.75) is 45.7 Å². The number of piperidine rings is 1. The maximum absolute atomic E-state index is 13.1. The van der Waals surface area contributed by atoms with Gasteiger partial charge in [-0.05, 0) is 62.4 Å². The smallest absolute Gasteiger partial charge is 0.123 e. The summed E-state index contributed by atoms with van der Waals surface area (Å²) in [6, 6.07) is 5.95. The molecule has 19 heavy (non-hydrogen) atoms. The van der Waals surface area contributed by atoms with E-state index in [4.69, 9.17) is 5.73 Å². The molecule has 2 rings (SSSR count). The van der Waals surface area contributed by atoms with E-state index < -0.39 is 0 Å². The monoisotopic (exact) mass is 264 g/mol. The van der Waals surface area contributed by atoms with Gasteiger partial charge in [-0.2, -0.15) is 0 Å². The Morgan fingerprint density at radius 1 is 1.37 bits per heavy atom. The summed E-state index contributed by atoms with van der Waals surface area (Å²) >= 11 is 0. The first-order chi connectivity index (χ1) is 8.99. The van der Waals surface area contributed by atoms with E-state index in [1.165, 1.54) is 5.56 Å². The van der Waals surface area contributed by atoms with Crippen LogP contribution in [0.5, 0.6) is 0 Å². The van der Waals surface area contributed by atoms with Gasteiger partial charge >= 0.3 is 0 Å². The minimum absolute atomic E-state index is 0.146. The average Bonchev–Trinajstić information content (AvgIpc) is 2.37. The van der Waals surface area contributed by atoms with E-state index in [0.717, 1.165) is 31.5 Å². The molecule has 2 N–H and O–H groups in total. The molecule has 106 valence electrons. The van der Waals surface area contributed by atoms with Gasteiger partial charge < -0.3 is 5.73 Å². The number of benzene rings is 1. The second-order valence-corrected chi connectivity index (χ2v) is 5.91. The molecule has 0 saturated carbocycles. The molecule has 0 aliphatic carbocycles. The molecule has 0 aromatic heterocycles. The predicted octanol–water partition coefficient (Wildman–Crippen LogP) is 2.73. The standard InChI is InChI=1S/C16H25FN2/c1-11-10-15(17)5-4-14(11)6-8-19-9-7-16(18)12(2)13(19)3/h4-5,10,12-13,16H,6-9,18H2,1-3H3. The van der Waals surface area contributed by atoms with Gasteiger partial charge in [-0.15, -0.1) is 0 Å². The van der Waals surface area contributed by atoms with Gasteiger partial charge in [0.15, 0.2) is 0 Å². The fourth-order valence-electron chi connectivity index (χ4n) is 2.99. The molecule has 0 bridgehead atoms. The van der Waals surface area contributed by atoms with Crippen molar-refractivity contribution in [3.8, 4) is 0 Å². The summed E-state index contributed by atoms with van der Waals surface area (Å²) < 4.78 is 13.1. The lowest BCUT2D eigenvalue weighted by molar-refractivity contribution is 0.0992. The lowest BCUT2D eigenvalue weighted by Gasteiger charge is -2.41. The molecule has 1 saturated heterocycles. The Morgan fingerprint density at radius 3 is 2.79 bits per heavy atom. The van der Waals surface area contributed by atoms with Crippen molar-refractivity contribution in [1.29, 1.82) is 0 Å². The summed E-state index contributed by atoms with van der Waals surface area (Å²) in [4.78, 5) is 2.51. The highest BCUT2D eigenvalue weighted by atomic mass is 19.1. The van der Waals surface area contributed by atoms with E-state index in [2.05, 4.69) is 18.7 Å².